The predicted molar refractivity (Wildman–Crippen MR) is 101 cm³/mol. The predicted octanol–water partition coefficient (Wildman–Crippen LogP) is 3.33. The summed E-state index contributed by atoms with van der Waals surface area (Å²) in [5, 5.41) is 10.5. The Labute approximate surface area is 154 Å². The van der Waals surface area contributed by atoms with E-state index in [9.17, 15) is 9.59 Å². The van der Waals surface area contributed by atoms with Gasteiger partial charge in [-0.1, -0.05) is 31.5 Å². The van der Waals surface area contributed by atoms with Crippen molar-refractivity contribution in [3.63, 3.8) is 0 Å². The van der Waals surface area contributed by atoms with E-state index >= 15 is 0 Å². The van der Waals surface area contributed by atoms with E-state index in [-0.39, 0.29) is 23.8 Å². The van der Waals surface area contributed by atoms with Crippen molar-refractivity contribution in [3.8, 4) is 0 Å². The number of anilines is 1. The van der Waals surface area contributed by atoms with Gasteiger partial charge in [0.1, 0.15) is 11.9 Å². The van der Waals surface area contributed by atoms with E-state index in [4.69, 9.17) is 0 Å². The summed E-state index contributed by atoms with van der Waals surface area (Å²) in [6.07, 6.45) is 0.922. The van der Waals surface area contributed by atoms with Crippen LogP contribution in [0.2, 0.25) is 0 Å². The van der Waals surface area contributed by atoms with Crippen molar-refractivity contribution in [2.75, 3.05) is 5.32 Å². The van der Waals surface area contributed by atoms with E-state index in [0.29, 0.717) is 5.56 Å². The van der Waals surface area contributed by atoms with Crippen LogP contribution in [0.1, 0.15) is 66.3 Å². The summed E-state index contributed by atoms with van der Waals surface area (Å²) in [5.41, 5.74) is 3.46. The maximum atomic E-state index is 12.7. The number of amides is 2. The SMILES string of the molecule is CCC(C)n1nc(C)c2c1NC(=O)[C@@H](NC(=O)c1cccc(C)c1)C2C. The highest BCUT2D eigenvalue weighted by atomic mass is 16.2. The number of nitrogens with zero attached hydrogens (tertiary/aromatic N) is 2. The number of aryl methyl sites for hydroxylation is 2. The minimum atomic E-state index is -0.621. The summed E-state index contributed by atoms with van der Waals surface area (Å²) in [7, 11) is 0. The lowest BCUT2D eigenvalue weighted by Crippen LogP contribution is -2.49. The fourth-order valence-electron chi connectivity index (χ4n) is 3.51. The molecule has 2 amide bonds. The number of rotatable bonds is 4. The number of aromatic nitrogens is 2. The Morgan fingerprint density at radius 3 is 2.77 bits per heavy atom. The molecule has 0 radical (unpaired) electrons. The second-order valence-electron chi connectivity index (χ2n) is 7.15. The van der Waals surface area contributed by atoms with Crippen molar-refractivity contribution >= 4 is 17.6 Å². The maximum Gasteiger partial charge on any atom is 0.251 e. The van der Waals surface area contributed by atoms with Gasteiger partial charge in [-0.05, 0) is 39.3 Å². The Morgan fingerprint density at radius 1 is 1.38 bits per heavy atom. The van der Waals surface area contributed by atoms with Gasteiger partial charge in [0.15, 0.2) is 0 Å². The molecule has 3 atom stereocenters. The van der Waals surface area contributed by atoms with E-state index < -0.39 is 6.04 Å². The number of fused-ring (bicyclic) bond motifs is 1. The summed E-state index contributed by atoms with van der Waals surface area (Å²) in [6.45, 7) is 10.0. The third kappa shape index (κ3) is 3.11. The highest BCUT2D eigenvalue weighted by Gasteiger charge is 2.38. The molecule has 6 nitrogen and oxygen atoms in total. The molecule has 0 spiro atoms. The van der Waals surface area contributed by atoms with Crippen molar-refractivity contribution in [2.24, 2.45) is 0 Å². The monoisotopic (exact) mass is 354 g/mol. The lowest BCUT2D eigenvalue weighted by Gasteiger charge is -2.30. The Kier molecular flexibility index (Phi) is 4.85. The van der Waals surface area contributed by atoms with Gasteiger partial charge in [-0.15, -0.1) is 0 Å². The first-order valence-electron chi connectivity index (χ1n) is 9.10. The van der Waals surface area contributed by atoms with E-state index in [1.165, 1.54) is 0 Å². The van der Waals surface area contributed by atoms with Crippen LogP contribution in [-0.2, 0) is 4.79 Å². The van der Waals surface area contributed by atoms with Crippen molar-refractivity contribution in [1.29, 1.82) is 0 Å². The topological polar surface area (TPSA) is 76.0 Å². The molecule has 0 aliphatic carbocycles. The van der Waals surface area contributed by atoms with E-state index in [0.717, 1.165) is 29.1 Å². The van der Waals surface area contributed by atoms with E-state index in [1.807, 2.05) is 43.7 Å². The zero-order valence-corrected chi connectivity index (χ0v) is 16.0. The van der Waals surface area contributed by atoms with Crippen LogP contribution >= 0.6 is 0 Å². The molecule has 26 heavy (non-hydrogen) atoms. The zero-order chi connectivity index (χ0) is 19.0. The Hall–Kier alpha value is -2.63. The average Bonchev–Trinajstić information content (AvgIpc) is 2.94. The van der Waals surface area contributed by atoms with Crippen LogP contribution in [0, 0.1) is 13.8 Å². The van der Waals surface area contributed by atoms with Crippen LogP contribution in [0.3, 0.4) is 0 Å². The molecule has 1 aromatic carbocycles. The molecule has 138 valence electrons. The Balaban J connectivity index is 1.89. The van der Waals surface area contributed by atoms with E-state index in [1.54, 1.807) is 6.07 Å². The van der Waals surface area contributed by atoms with Crippen LogP contribution < -0.4 is 10.6 Å². The molecule has 2 heterocycles. The first-order chi connectivity index (χ1) is 12.3. The third-order valence-corrected chi connectivity index (χ3v) is 5.19. The van der Waals surface area contributed by atoms with Gasteiger partial charge in [0.05, 0.1) is 11.7 Å². The van der Waals surface area contributed by atoms with Crippen molar-refractivity contribution in [1.82, 2.24) is 15.1 Å². The Morgan fingerprint density at radius 2 is 2.12 bits per heavy atom. The highest BCUT2D eigenvalue weighted by Crippen LogP contribution is 2.36. The summed E-state index contributed by atoms with van der Waals surface area (Å²) in [6, 6.07) is 6.93. The smallest absolute Gasteiger partial charge is 0.251 e. The van der Waals surface area contributed by atoms with Gasteiger partial charge in [-0.25, -0.2) is 4.68 Å². The van der Waals surface area contributed by atoms with Crippen LogP contribution in [-0.4, -0.2) is 27.6 Å². The lowest BCUT2D eigenvalue weighted by molar-refractivity contribution is -0.118. The molecule has 0 fully saturated rings. The summed E-state index contributed by atoms with van der Waals surface area (Å²) < 4.78 is 1.89. The molecule has 2 N–H and O–H groups in total. The van der Waals surface area contributed by atoms with Crippen LogP contribution in [0.25, 0.3) is 0 Å². The molecular formula is C20H26N4O2. The van der Waals surface area contributed by atoms with Crippen molar-refractivity contribution in [2.45, 2.75) is 59.0 Å². The molecule has 2 aromatic rings. The Bertz CT molecular complexity index is 855. The van der Waals surface area contributed by atoms with Gasteiger partial charge in [0.25, 0.3) is 5.91 Å². The van der Waals surface area contributed by atoms with Gasteiger partial charge in [0.2, 0.25) is 5.91 Å². The summed E-state index contributed by atoms with van der Waals surface area (Å²) in [4.78, 5) is 25.3. The summed E-state index contributed by atoms with van der Waals surface area (Å²) >= 11 is 0. The van der Waals surface area contributed by atoms with Gasteiger partial charge in [-0.2, -0.15) is 5.10 Å². The van der Waals surface area contributed by atoms with Gasteiger partial charge < -0.3 is 10.6 Å². The first kappa shape index (κ1) is 18.2. The first-order valence-corrected chi connectivity index (χ1v) is 9.10. The number of nitrogens with one attached hydrogen (secondary N) is 2. The van der Waals surface area contributed by atoms with Crippen LogP contribution in [0.5, 0.6) is 0 Å². The van der Waals surface area contributed by atoms with Gasteiger partial charge in [-0.3, -0.25) is 9.59 Å². The van der Waals surface area contributed by atoms with Crippen LogP contribution in [0.15, 0.2) is 24.3 Å². The summed E-state index contributed by atoms with van der Waals surface area (Å²) in [5.74, 6) is 0.173. The molecular weight excluding hydrogens is 328 g/mol. The molecule has 0 bridgehead atoms. The van der Waals surface area contributed by atoms with E-state index in [2.05, 4.69) is 29.6 Å². The minimum Gasteiger partial charge on any atom is -0.340 e. The second-order valence-corrected chi connectivity index (χ2v) is 7.15. The maximum absolute atomic E-state index is 12.7. The molecule has 1 aliphatic heterocycles. The largest absolute Gasteiger partial charge is 0.340 e. The number of benzene rings is 1. The minimum absolute atomic E-state index is 0.148. The molecule has 2 unspecified atom stereocenters. The molecule has 0 saturated carbocycles. The standard InChI is InChI=1S/C20H26N4O2/c1-6-12(3)24-18-16(14(5)23-24)13(4)17(20(26)22-18)21-19(25)15-9-7-8-11(2)10-15/h7-10,12-13,17H,6H2,1-5H3,(H,21,25)(H,22,26)/t12?,13?,17-/m0/s1. The normalized spacial score (nSPS) is 20.3. The molecule has 3 rings (SSSR count). The molecule has 1 aliphatic rings. The average molecular weight is 354 g/mol. The second kappa shape index (κ2) is 6.94. The van der Waals surface area contributed by atoms with Gasteiger partial charge >= 0.3 is 0 Å². The number of hydrogen-bond acceptors (Lipinski definition) is 3. The van der Waals surface area contributed by atoms with Crippen molar-refractivity contribution in [3.05, 3.63) is 46.6 Å². The third-order valence-electron chi connectivity index (χ3n) is 5.19. The fraction of sp³-hybridized carbons (Fsp3) is 0.450. The van der Waals surface area contributed by atoms with Gasteiger partial charge in [0, 0.05) is 17.0 Å². The van der Waals surface area contributed by atoms with Crippen molar-refractivity contribution < 1.29 is 9.59 Å². The number of carbonyl (C=O) groups is 2. The lowest BCUT2D eigenvalue weighted by atomic mass is 9.89. The van der Waals surface area contributed by atoms with Crippen LogP contribution in [0.4, 0.5) is 5.82 Å². The quantitative estimate of drug-likeness (QED) is 0.884. The number of hydrogen-bond donors (Lipinski definition) is 2. The molecule has 0 saturated heterocycles. The fourth-order valence-corrected chi connectivity index (χ4v) is 3.51. The molecule has 1 aromatic heterocycles. The highest BCUT2D eigenvalue weighted by molar-refractivity contribution is 6.03. The number of carbonyl (C=O) groups excluding carboxylic acids is 2. The molecule has 6 heteroatoms. The zero-order valence-electron chi connectivity index (χ0n) is 16.0.